The molecular weight excluding hydrogens is 278 g/mol. The van der Waals surface area contributed by atoms with Crippen LogP contribution in [0.1, 0.15) is 18.4 Å². The molecule has 1 amide bonds. The van der Waals surface area contributed by atoms with Crippen LogP contribution in [0.4, 0.5) is 0 Å². The quantitative estimate of drug-likeness (QED) is 0.922. The third kappa shape index (κ3) is 2.50. The Labute approximate surface area is 123 Å². The van der Waals surface area contributed by atoms with Crippen molar-refractivity contribution < 1.29 is 14.6 Å². The van der Waals surface area contributed by atoms with Crippen molar-refractivity contribution >= 4 is 17.5 Å². The number of hydrogen-bond acceptors (Lipinski definition) is 3. The van der Waals surface area contributed by atoms with E-state index in [1.54, 1.807) is 30.2 Å². The molecule has 1 aromatic carbocycles. The molecular formula is C15H18ClNO3. The first-order chi connectivity index (χ1) is 9.51. The highest BCUT2D eigenvalue weighted by Gasteiger charge is 2.53. The summed E-state index contributed by atoms with van der Waals surface area (Å²) in [4.78, 5) is 13.9. The van der Waals surface area contributed by atoms with Crippen molar-refractivity contribution in [3.8, 4) is 5.75 Å². The maximum absolute atomic E-state index is 12.2. The average molecular weight is 296 g/mol. The summed E-state index contributed by atoms with van der Waals surface area (Å²) in [5.41, 5.74) is 0.153. The lowest BCUT2D eigenvalue weighted by Gasteiger charge is -2.47. The van der Waals surface area contributed by atoms with Gasteiger partial charge in [-0.15, -0.1) is 0 Å². The Kier molecular flexibility index (Phi) is 3.38. The van der Waals surface area contributed by atoms with Crippen LogP contribution in [0.15, 0.2) is 18.2 Å². The number of β-amino-alcohol motifs (C(OH)–C–C–N with tert-alkyl or cyclic N) is 1. The van der Waals surface area contributed by atoms with Crippen molar-refractivity contribution in [1.29, 1.82) is 0 Å². The van der Waals surface area contributed by atoms with Gasteiger partial charge in [0.25, 0.3) is 0 Å². The number of carbonyl (C=O) groups excluding carboxylic acids is 1. The second-order valence-electron chi connectivity index (χ2n) is 5.76. The fourth-order valence-electron chi connectivity index (χ4n) is 2.83. The molecule has 3 rings (SSSR count). The second-order valence-corrected chi connectivity index (χ2v) is 6.20. The van der Waals surface area contributed by atoms with Crippen LogP contribution < -0.4 is 4.74 Å². The monoisotopic (exact) mass is 295 g/mol. The highest BCUT2D eigenvalue weighted by molar-refractivity contribution is 6.30. The zero-order valence-corrected chi connectivity index (χ0v) is 12.2. The van der Waals surface area contributed by atoms with Gasteiger partial charge in [-0.3, -0.25) is 4.79 Å². The summed E-state index contributed by atoms with van der Waals surface area (Å²) in [7, 11) is 1.58. The maximum Gasteiger partial charge on any atom is 0.227 e. The minimum absolute atomic E-state index is 0.0101. The van der Waals surface area contributed by atoms with Crippen LogP contribution in [-0.2, 0) is 11.2 Å². The molecule has 2 fully saturated rings. The first-order valence-corrected chi connectivity index (χ1v) is 7.22. The number of hydrogen-bond donors (Lipinski definition) is 1. The summed E-state index contributed by atoms with van der Waals surface area (Å²) in [6.45, 7) is 0.915. The summed E-state index contributed by atoms with van der Waals surface area (Å²) >= 11 is 5.96. The van der Waals surface area contributed by atoms with E-state index in [0.29, 0.717) is 29.8 Å². The Bertz CT molecular complexity index is 536. The fourth-order valence-corrected chi connectivity index (χ4v) is 3.02. The molecule has 0 unspecified atom stereocenters. The van der Waals surface area contributed by atoms with Crippen molar-refractivity contribution in [3.05, 3.63) is 28.8 Å². The molecule has 0 aromatic heterocycles. The lowest BCUT2D eigenvalue weighted by atomic mass is 9.88. The third-order valence-electron chi connectivity index (χ3n) is 4.20. The minimum atomic E-state index is -0.631. The molecule has 1 aliphatic carbocycles. The zero-order chi connectivity index (χ0) is 14.3. The number of carbonyl (C=O) groups is 1. The van der Waals surface area contributed by atoms with Gasteiger partial charge < -0.3 is 14.7 Å². The largest absolute Gasteiger partial charge is 0.496 e. The number of methoxy groups -OCH3 is 1. The highest BCUT2D eigenvalue weighted by atomic mass is 35.5. The predicted octanol–water partition coefficient (Wildman–Crippen LogP) is 1.87. The molecule has 4 nitrogen and oxygen atoms in total. The van der Waals surface area contributed by atoms with E-state index in [0.717, 1.165) is 18.4 Å². The predicted molar refractivity (Wildman–Crippen MR) is 76.0 cm³/mol. The van der Waals surface area contributed by atoms with Gasteiger partial charge in [0.05, 0.1) is 26.6 Å². The topological polar surface area (TPSA) is 49.8 Å². The second kappa shape index (κ2) is 4.93. The summed E-state index contributed by atoms with van der Waals surface area (Å²) in [5.74, 6) is 1.07. The van der Waals surface area contributed by atoms with Crippen LogP contribution in [0.25, 0.3) is 0 Å². The number of aliphatic hydroxyl groups is 1. The third-order valence-corrected chi connectivity index (χ3v) is 4.44. The maximum atomic E-state index is 12.2. The highest BCUT2D eigenvalue weighted by Crippen LogP contribution is 2.44. The molecule has 0 bridgehead atoms. The number of likely N-dealkylation sites (tertiary alicyclic amines) is 1. The van der Waals surface area contributed by atoms with E-state index in [1.807, 2.05) is 0 Å². The van der Waals surface area contributed by atoms with Gasteiger partial charge in [0.2, 0.25) is 5.91 Å². The smallest absolute Gasteiger partial charge is 0.227 e. The Morgan fingerprint density at radius 3 is 2.80 bits per heavy atom. The number of halogens is 1. The van der Waals surface area contributed by atoms with Crippen molar-refractivity contribution in [3.63, 3.8) is 0 Å². The van der Waals surface area contributed by atoms with Gasteiger partial charge in [0.1, 0.15) is 11.4 Å². The molecule has 1 saturated carbocycles. The van der Waals surface area contributed by atoms with Gasteiger partial charge in [-0.1, -0.05) is 11.6 Å². The van der Waals surface area contributed by atoms with Crippen LogP contribution in [-0.4, -0.2) is 41.7 Å². The molecule has 20 heavy (non-hydrogen) atoms. The van der Waals surface area contributed by atoms with Gasteiger partial charge in [-0.05, 0) is 37.0 Å². The number of ether oxygens (including phenoxy) is 1. The van der Waals surface area contributed by atoms with Gasteiger partial charge in [-0.25, -0.2) is 0 Å². The lowest BCUT2D eigenvalue weighted by Crippen LogP contribution is -2.65. The Hall–Kier alpha value is -1.26. The zero-order valence-electron chi connectivity index (χ0n) is 11.4. The molecule has 1 aromatic rings. The van der Waals surface area contributed by atoms with Crippen LogP contribution in [0.2, 0.25) is 5.02 Å². The molecule has 0 radical (unpaired) electrons. The molecule has 1 N–H and O–H groups in total. The van der Waals surface area contributed by atoms with Crippen LogP contribution in [0.3, 0.4) is 0 Å². The van der Waals surface area contributed by atoms with Crippen molar-refractivity contribution in [2.75, 3.05) is 20.2 Å². The van der Waals surface area contributed by atoms with Crippen molar-refractivity contribution in [2.45, 2.75) is 24.9 Å². The Morgan fingerprint density at radius 1 is 1.50 bits per heavy atom. The molecule has 5 heteroatoms. The summed E-state index contributed by atoms with van der Waals surface area (Å²) in [5, 5.41) is 10.8. The van der Waals surface area contributed by atoms with Gasteiger partial charge in [0.15, 0.2) is 0 Å². The SMILES string of the molecule is COc1ccc(Cl)cc1CC(=O)N1CC(O)(C2CC2)C1. The minimum Gasteiger partial charge on any atom is -0.496 e. The van der Waals surface area contributed by atoms with Crippen molar-refractivity contribution in [1.82, 2.24) is 4.90 Å². The molecule has 2 aliphatic rings. The molecule has 1 aliphatic heterocycles. The van der Waals surface area contributed by atoms with Gasteiger partial charge >= 0.3 is 0 Å². The normalized spacial score (nSPS) is 20.4. The van der Waals surface area contributed by atoms with E-state index in [4.69, 9.17) is 16.3 Å². The molecule has 1 heterocycles. The fraction of sp³-hybridized carbons (Fsp3) is 0.533. The lowest BCUT2D eigenvalue weighted by molar-refractivity contribution is -0.158. The summed E-state index contributed by atoms with van der Waals surface area (Å²) < 4.78 is 5.24. The van der Waals surface area contributed by atoms with Gasteiger partial charge in [-0.2, -0.15) is 0 Å². The Balaban J connectivity index is 1.64. The van der Waals surface area contributed by atoms with E-state index in [9.17, 15) is 9.90 Å². The van der Waals surface area contributed by atoms with Crippen LogP contribution >= 0.6 is 11.6 Å². The van der Waals surface area contributed by atoms with E-state index in [-0.39, 0.29) is 12.3 Å². The molecule has 1 saturated heterocycles. The summed E-state index contributed by atoms with van der Waals surface area (Å²) in [6, 6.07) is 5.26. The summed E-state index contributed by atoms with van der Waals surface area (Å²) in [6.07, 6.45) is 2.42. The van der Waals surface area contributed by atoms with Crippen LogP contribution in [0, 0.1) is 5.92 Å². The average Bonchev–Trinajstić information content (AvgIpc) is 3.19. The first kappa shape index (κ1) is 13.7. The number of amides is 1. The standard InChI is InChI=1S/C15H18ClNO3/c1-20-13-5-4-12(16)6-10(13)7-14(18)17-8-15(19,9-17)11-2-3-11/h4-6,11,19H,2-3,7-9H2,1H3. The molecule has 108 valence electrons. The van der Waals surface area contributed by atoms with Crippen LogP contribution in [0.5, 0.6) is 5.75 Å². The van der Waals surface area contributed by atoms with E-state index in [2.05, 4.69) is 0 Å². The van der Waals surface area contributed by atoms with Gasteiger partial charge in [0, 0.05) is 10.6 Å². The number of nitrogens with zero attached hydrogens (tertiary/aromatic N) is 1. The molecule has 0 spiro atoms. The van der Waals surface area contributed by atoms with E-state index in [1.165, 1.54) is 0 Å². The van der Waals surface area contributed by atoms with Crippen molar-refractivity contribution in [2.24, 2.45) is 5.92 Å². The van der Waals surface area contributed by atoms with E-state index >= 15 is 0 Å². The van der Waals surface area contributed by atoms with E-state index < -0.39 is 5.60 Å². The number of benzene rings is 1. The molecule has 0 atom stereocenters. The number of rotatable bonds is 4. The Morgan fingerprint density at radius 2 is 2.20 bits per heavy atom. The first-order valence-electron chi connectivity index (χ1n) is 6.84.